The number of nitro benzene ring substituents is 1. The average molecular weight is 287 g/mol. The molecule has 2 rings (SSSR count). The Bertz CT molecular complexity index is 705. The van der Waals surface area contributed by atoms with Crippen LogP contribution in [-0.2, 0) is 0 Å². The molecule has 0 spiro atoms. The molecule has 0 amide bonds. The van der Waals surface area contributed by atoms with E-state index in [1.807, 2.05) is 0 Å². The molecule has 2 aromatic rings. The van der Waals surface area contributed by atoms with Crippen LogP contribution in [0.4, 0.5) is 5.69 Å². The van der Waals surface area contributed by atoms with Crippen molar-refractivity contribution >= 4 is 11.5 Å². The molecule has 0 saturated heterocycles. The average Bonchev–Trinajstić information content (AvgIpc) is 2.94. The summed E-state index contributed by atoms with van der Waals surface area (Å²) in [6.07, 6.45) is 4.31. The Morgan fingerprint density at radius 3 is 2.76 bits per heavy atom. The van der Waals surface area contributed by atoms with E-state index < -0.39 is 4.92 Å². The zero-order valence-corrected chi connectivity index (χ0v) is 11.5. The Morgan fingerprint density at radius 2 is 2.10 bits per heavy atom. The third kappa shape index (κ3) is 3.30. The lowest BCUT2D eigenvalue weighted by Crippen LogP contribution is -2.03. The lowest BCUT2D eigenvalue weighted by molar-refractivity contribution is -0.384. The Hall–Kier alpha value is -3.03. The summed E-state index contributed by atoms with van der Waals surface area (Å²) in [4.78, 5) is 24.0. The predicted octanol–water partition coefficient (Wildman–Crippen LogP) is 1.43. The molecule has 0 bridgehead atoms. The lowest BCUT2D eigenvalue weighted by atomic mass is 10.2. The van der Waals surface area contributed by atoms with Crippen molar-refractivity contribution in [3.8, 4) is 5.69 Å². The van der Waals surface area contributed by atoms with Crippen LogP contribution in [0.25, 0.3) is 5.69 Å². The van der Waals surface area contributed by atoms with Crippen molar-refractivity contribution < 1.29 is 9.72 Å². The molecule has 0 saturated carbocycles. The maximum atomic E-state index is 11.8. The van der Waals surface area contributed by atoms with Crippen LogP contribution in [-0.4, -0.2) is 44.7 Å². The SMILES string of the molecule is CN(C)C=CC(=O)c1cn(-c2ccccc2[N+](=O)[O-])nn1. The van der Waals surface area contributed by atoms with Gasteiger partial charge in [-0.05, 0) is 6.07 Å². The van der Waals surface area contributed by atoms with E-state index in [4.69, 9.17) is 0 Å². The number of carbonyl (C=O) groups is 1. The monoisotopic (exact) mass is 287 g/mol. The maximum Gasteiger partial charge on any atom is 0.294 e. The molecule has 1 heterocycles. The van der Waals surface area contributed by atoms with Crippen LogP contribution < -0.4 is 0 Å². The quantitative estimate of drug-likeness (QED) is 0.357. The second-order valence-electron chi connectivity index (χ2n) is 4.44. The summed E-state index contributed by atoms with van der Waals surface area (Å²) >= 11 is 0. The van der Waals surface area contributed by atoms with E-state index in [1.54, 1.807) is 37.3 Å². The van der Waals surface area contributed by atoms with Gasteiger partial charge >= 0.3 is 0 Å². The van der Waals surface area contributed by atoms with Crippen LogP contribution >= 0.6 is 0 Å². The van der Waals surface area contributed by atoms with Gasteiger partial charge in [0.1, 0.15) is 5.69 Å². The standard InChI is InChI=1S/C13H13N5O3/c1-16(2)8-7-13(19)10-9-17(15-14-10)11-5-3-4-6-12(11)18(20)21/h3-9H,1-2H3. The minimum Gasteiger partial charge on any atom is -0.383 e. The molecular formula is C13H13N5O3. The maximum absolute atomic E-state index is 11.8. The van der Waals surface area contributed by atoms with E-state index in [-0.39, 0.29) is 22.9 Å². The molecular weight excluding hydrogens is 274 g/mol. The number of rotatable bonds is 5. The first-order chi connectivity index (χ1) is 9.99. The zero-order valence-electron chi connectivity index (χ0n) is 11.5. The number of carbonyl (C=O) groups excluding carboxylic acids is 1. The first kappa shape index (κ1) is 14.4. The van der Waals surface area contributed by atoms with Crippen LogP contribution in [0, 0.1) is 10.1 Å². The highest BCUT2D eigenvalue weighted by atomic mass is 16.6. The van der Waals surface area contributed by atoms with E-state index in [9.17, 15) is 14.9 Å². The fraction of sp³-hybridized carbons (Fsp3) is 0.154. The van der Waals surface area contributed by atoms with E-state index in [1.165, 1.54) is 29.1 Å². The van der Waals surface area contributed by atoms with Crippen molar-refractivity contribution in [3.05, 3.63) is 58.5 Å². The summed E-state index contributed by atoms with van der Waals surface area (Å²) < 4.78 is 1.22. The van der Waals surface area contributed by atoms with Gasteiger partial charge in [0.2, 0.25) is 5.78 Å². The summed E-state index contributed by atoms with van der Waals surface area (Å²) in [5.74, 6) is -0.325. The van der Waals surface area contributed by atoms with E-state index in [0.717, 1.165) is 0 Å². The van der Waals surface area contributed by atoms with Crippen molar-refractivity contribution in [3.63, 3.8) is 0 Å². The molecule has 0 aliphatic heterocycles. The first-order valence-corrected chi connectivity index (χ1v) is 6.04. The Morgan fingerprint density at radius 1 is 1.38 bits per heavy atom. The zero-order chi connectivity index (χ0) is 15.4. The van der Waals surface area contributed by atoms with Crippen molar-refractivity contribution in [2.24, 2.45) is 0 Å². The number of hydrogen-bond acceptors (Lipinski definition) is 6. The molecule has 21 heavy (non-hydrogen) atoms. The number of para-hydroxylation sites is 2. The molecule has 0 aliphatic carbocycles. The highest BCUT2D eigenvalue weighted by Crippen LogP contribution is 2.21. The van der Waals surface area contributed by atoms with E-state index in [0.29, 0.717) is 0 Å². The molecule has 8 heteroatoms. The van der Waals surface area contributed by atoms with Gasteiger partial charge in [-0.2, -0.15) is 0 Å². The molecule has 0 atom stereocenters. The minimum atomic E-state index is -0.509. The van der Waals surface area contributed by atoms with Crippen LogP contribution in [0.1, 0.15) is 10.5 Å². The fourth-order valence-corrected chi connectivity index (χ4v) is 1.61. The van der Waals surface area contributed by atoms with Crippen molar-refractivity contribution in [1.82, 2.24) is 19.9 Å². The Balaban J connectivity index is 2.33. The normalized spacial score (nSPS) is 10.8. The topological polar surface area (TPSA) is 94.2 Å². The number of hydrogen-bond donors (Lipinski definition) is 0. The molecule has 8 nitrogen and oxygen atoms in total. The summed E-state index contributed by atoms with van der Waals surface area (Å²) in [6.45, 7) is 0. The second-order valence-corrected chi connectivity index (χ2v) is 4.44. The van der Waals surface area contributed by atoms with Gasteiger partial charge in [-0.25, -0.2) is 4.68 Å². The molecule has 108 valence electrons. The van der Waals surface area contributed by atoms with Gasteiger partial charge in [0.25, 0.3) is 5.69 Å². The van der Waals surface area contributed by atoms with Crippen LogP contribution in [0.15, 0.2) is 42.7 Å². The van der Waals surface area contributed by atoms with Crippen molar-refractivity contribution in [2.75, 3.05) is 14.1 Å². The fourth-order valence-electron chi connectivity index (χ4n) is 1.61. The molecule has 1 aromatic carbocycles. The van der Waals surface area contributed by atoms with Gasteiger partial charge in [0.15, 0.2) is 5.69 Å². The molecule has 0 radical (unpaired) electrons. The molecule has 1 aromatic heterocycles. The van der Waals surface area contributed by atoms with Crippen molar-refractivity contribution in [2.45, 2.75) is 0 Å². The van der Waals surface area contributed by atoms with Crippen molar-refractivity contribution in [1.29, 1.82) is 0 Å². The number of nitro groups is 1. The summed E-state index contributed by atoms with van der Waals surface area (Å²) in [6, 6.07) is 6.11. The van der Waals surface area contributed by atoms with Gasteiger partial charge in [0.05, 0.1) is 11.1 Å². The smallest absolute Gasteiger partial charge is 0.294 e. The summed E-state index contributed by atoms with van der Waals surface area (Å²) in [5, 5.41) is 18.5. The minimum absolute atomic E-state index is 0.106. The summed E-state index contributed by atoms with van der Waals surface area (Å²) in [5.41, 5.74) is 0.266. The highest BCUT2D eigenvalue weighted by molar-refractivity contribution is 6.02. The highest BCUT2D eigenvalue weighted by Gasteiger charge is 2.17. The third-order valence-corrected chi connectivity index (χ3v) is 2.60. The van der Waals surface area contributed by atoms with Gasteiger partial charge in [-0.3, -0.25) is 14.9 Å². The largest absolute Gasteiger partial charge is 0.383 e. The summed E-state index contributed by atoms with van der Waals surface area (Å²) in [7, 11) is 3.57. The molecule has 0 fully saturated rings. The number of aromatic nitrogens is 3. The van der Waals surface area contributed by atoms with E-state index >= 15 is 0 Å². The molecule has 0 N–H and O–H groups in total. The van der Waals surface area contributed by atoms with Gasteiger partial charge in [-0.15, -0.1) is 5.10 Å². The molecule has 0 unspecified atom stereocenters. The van der Waals surface area contributed by atoms with Crippen LogP contribution in [0.5, 0.6) is 0 Å². The Labute approximate surface area is 120 Å². The number of ketones is 1. The van der Waals surface area contributed by atoms with Gasteiger partial charge < -0.3 is 4.90 Å². The van der Waals surface area contributed by atoms with Gasteiger partial charge in [0, 0.05) is 32.4 Å². The lowest BCUT2D eigenvalue weighted by Gasteiger charge is -2.01. The van der Waals surface area contributed by atoms with Crippen LogP contribution in [0.3, 0.4) is 0 Å². The van der Waals surface area contributed by atoms with Gasteiger partial charge in [-0.1, -0.05) is 17.3 Å². The van der Waals surface area contributed by atoms with E-state index in [2.05, 4.69) is 10.3 Å². The molecule has 0 aliphatic rings. The third-order valence-electron chi connectivity index (χ3n) is 2.60. The Kier molecular flexibility index (Phi) is 4.07. The first-order valence-electron chi connectivity index (χ1n) is 6.04. The van der Waals surface area contributed by atoms with Crippen LogP contribution in [0.2, 0.25) is 0 Å². The number of nitrogens with zero attached hydrogens (tertiary/aromatic N) is 5. The number of allylic oxidation sites excluding steroid dienone is 1. The predicted molar refractivity (Wildman–Crippen MR) is 75.2 cm³/mol. The second kappa shape index (κ2) is 5.95. The number of benzene rings is 1.